The van der Waals surface area contributed by atoms with Gasteiger partial charge >= 0.3 is 0 Å². The number of sulfone groups is 1. The molecule has 2 aromatic rings. The molecule has 0 aliphatic carbocycles. The van der Waals surface area contributed by atoms with Gasteiger partial charge in [0.1, 0.15) is 11.6 Å². The van der Waals surface area contributed by atoms with Gasteiger partial charge in [-0.1, -0.05) is 0 Å². The third kappa shape index (κ3) is 2.67. The van der Waals surface area contributed by atoms with E-state index in [1.54, 1.807) is 0 Å². The number of nitrogens with zero attached hydrogens (tertiary/aromatic N) is 2. The molecule has 0 bridgehead atoms. The molecule has 0 aliphatic heterocycles. The minimum absolute atomic E-state index is 0.396. The second-order valence-corrected chi connectivity index (χ2v) is 5.91. The molecule has 0 aromatic carbocycles. The molecule has 2 N–H and O–H groups in total. The molecule has 0 spiro atoms. The van der Waals surface area contributed by atoms with Crippen LogP contribution in [0.2, 0.25) is 0 Å². The Morgan fingerprint density at radius 3 is 2.60 bits per heavy atom. The highest BCUT2D eigenvalue weighted by Crippen LogP contribution is 2.20. The second-order valence-electron chi connectivity index (χ2n) is 3.95. The zero-order chi connectivity index (χ0) is 14.8. The molecule has 102 valence electrons. The van der Waals surface area contributed by atoms with Gasteiger partial charge in [0.2, 0.25) is 0 Å². The molecule has 2 rings (SSSR count). The summed E-state index contributed by atoms with van der Waals surface area (Å²) in [5.41, 5.74) is -1.03. The topological polar surface area (TPSA) is 124 Å². The van der Waals surface area contributed by atoms with Crippen LogP contribution in [0.5, 0.6) is 5.88 Å². The molecule has 2 aromatic heterocycles. The van der Waals surface area contributed by atoms with Crippen molar-refractivity contribution in [1.82, 2.24) is 9.97 Å². The van der Waals surface area contributed by atoms with Gasteiger partial charge < -0.3 is 5.11 Å². The normalized spacial score (nSPS) is 10.9. The summed E-state index contributed by atoms with van der Waals surface area (Å²) in [5.74, 6) is -1.00. The van der Waals surface area contributed by atoms with Crippen molar-refractivity contribution in [3.8, 4) is 11.9 Å². The van der Waals surface area contributed by atoms with Crippen molar-refractivity contribution >= 4 is 9.84 Å². The SMILES string of the molecule is N#Cc1c(S(=O)(=O)Cc2ccncc2)cc(O)[nH]c1=O. The zero-order valence-corrected chi connectivity index (χ0v) is 10.9. The molecule has 0 amide bonds. The Morgan fingerprint density at radius 2 is 2.00 bits per heavy atom. The van der Waals surface area contributed by atoms with Crippen molar-refractivity contribution in [2.45, 2.75) is 10.6 Å². The fraction of sp³-hybridized carbons (Fsp3) is 0.0833. The Labute approximate surface area is 114 Å². The van der Waals surface area contributed by atoms with Crippen LogP contribution >= 0.6 is 0 Å². The number of aromatic nitrogens is 2. The summed E-state index contributed by atoms with van der Waals surface area (Å²) in [6, 6.07) is 5.42. The zero-order valence-electron chi connectivity index (χ0n) is 10.1. The molecule has 0 fully saturated rings. The average molecular weight is 291 g/mol. The van der Waals surface area contributed by atoms with Crippen molar-refractivity contribution < 1.29 is 13.5 Å². The standard InChI is InChI=1S/C12H9N3O4S/c13-6-9-10(5-11(16)15-12(9)17)20(18,19)7-8-1-3-14-4-2-8/h1-5H,7H2,(H2,15,16,17). The smallest absolute Gasteiger partial charge is 0.269 e. The third-order valence-corrected chi connectivity index (χ3v) is 4.24. The van der Waals surface area contributed by atoms with Crippen LogP contribution in [0.25, 0.3) is 0 Å². The van der Waals surface area contributed by atoms with Gasteiger partial charge in [-0.2, -0.15) is 5.26 Å². The highest BCUT2D eigenvalue weighted by atomic mass is 32.2. The quantitative estimate of drug-likeness (QED) is 0.839. The van der Waals surface area contributed by atoms with E-state index in [9.17, 15) is 18.3 Å². The van der Waals surface area contributed by atoms with Gasteiger partial charge in [-0.3, -0.25) is 14.8 Å². The van der Waals surface area contributed by atoms with Crippen LogP contribution < -0.4 is 5.56 Å². The van der Waals surface area contributed by atoms with Gasteiger partial charge in [-0.05, 0) is 17.7 Å². The molecule has 0 saturated heterocycles. The van der Waals surface area contributed by atoms with Crippen LogP contribution in [-0.2, 0) is 15.6 Å². The van der Waals surface area contributed by atoms with E-state index in [4.69, 9.17) is 5.26 Å². The summed E-state index contributed by atoms with van der Waals surface area (Å²) in [4.78, 5) is 16.7. The minimum atomic E-state index is -3.93. The first kappa shape index (κ1) is 13.8. The number of hydrogen-bond donors (Lipinski definition) is 2. The lowest BCUT2D eigenvalue weighted by Crippen LogP contribution is -2.17. The number of nitriles is 1. The van der Waals surface area contributed by atoms with Gasteiger partial charge in [0.15, 0.2) is 15.7 Å². The van der Waals surface area contributed by atoms with E-state index >= 15 is 0 Å². The van der Waals surface area contributed by atoms with Crippen molar-refractivity contribution in [2.75, 3.05) is 0 Å². The summed E-state index contributed by atoms with van der Waals surface area (Å²) in [7, 11) is -3.93. The van der Waals surface area contributed by atoms with Crippen molar-refractivity contribution in [3.05, 3.63) is 52.1 Å². The molecule has 20 heavy (non-hydrogen) atoms. The molecule has 0 unspecified atom stereocenters. The number of rotatable bonds is 3. The predicted molar refractivity (Wildman–Crippen MR) is 68.6 cm³/mol. The fourth-order valence-corrected chi connectivity index (χ4v) is 3.18. The van der Waals surface area contributed by atoms with Gasteiger partial charge in [0, 0.05) is 18.5 Å². The summed E-state index contributed by atoms with van der Waals surface area (Å²) in [5, 5.41) is 18.2. The molecule has 8 heteroatoms. The molecule has 7 nitrogen and oxygen atoms in total. The van der Waals surface area contributed by atoms with Crippen LogP contribution in [-0.4, -0.2) is 23.5 Å². The van der Waals surface area contributed by atoms with E-state index < -0.39 is 37.5 Å². The summed E-state index contributed by atoms with van der Waals surface area (Å²) in [6.07, 6.45) is 2.87. The fourth-order valence-electron chi connectivity index (χ4n) is 1.65. The molecular weight excluding hydrogens is 282 g/mol. The van der Waals surface area contributed by atoms with E-state index in [0.29, 0.717) is 5.56 Å². The van der Waals surface area contributed by atoms with Gasteiger partial charge in [-0.25, -0.2) is 8.42 Å². The van der Waals surface area contributed by atoms with Crippen LogP contribution in [0.1, 0.15) is 11.1 Å². The molecule has 0 radical (unpaired) electrons. The first-order valence-electron chi connectivity index (χ1n) is 5.42. The third-order valence-electron chi connectivity index (χ3n) is 2.54. The maximum Gasteiger partial charge on any atom is 0.269 e. The van der Waals surface area contributed by atoms with Crippen LogP contribution in [0.4, 0.5) is 0 Å². The Hall–Kier alpha value is -2.66. The Kier molecular flexibility index (Phi) is 3.54. The van der Waals surface area contributed by atoms with Gasteiger partial charge in [-0.15, -0.1) is 0 Å². The number of nitrogens with one attached hydrogen (secondary N) is 1. The predicted octanol–water partition coefficient (Wildman–Crippen LogP) is 0.321. The number of pyridine rings is 2. The Balaban J connectivity index is 2.56. The summed E-state index contributed by atoms with van der Waals surface area (Å²) in [6.45, 7) is 0. The highest BCUT2D eigenvalue weighted by Gasteiger charge is 2.23. The maximum atomic E-state index is 12.3. The lowest BCUT2D eigenvalue weighted by Gasteiger charge is -2.06. The number of aromatic hydroxyl groups is 1. The second kappa shape index (κ2) is 5.14. The van der Waals surface area contributed by atoms with Crippen molar-refractivity contribution in [2.24, 2.45) is 0 Å². The van der Waals surface area contributed by atoms with E-state index in [0.717, 1.165) is 6.07 Å². The number of aromatic amines is 1. The van der Waals surface area contributed by atoms with E-state index in [2.05, 4.69) is 4.98 Å². The molecule has 0 atom stereocenters. The van der Waals surface area contributed by atoms with Crippen LogP contribution in [0.15, 0.2) is 40.3 Å². The van der Waals surface area contributed by atoms with Crippen molar-refractivity contribution in [1.29, 1.82) is 5.26 Å². The van der Waals surface area contributed by atoms with E-state index in [1.807, 2.05) is 4.98 Å². The number of H-pyrrole nitrogens is 1. The summed E-state index contributed by atoms with van der Waals surface area (Å²) >= 11 is 0. The van der Waals surface area contributed by atoms with Crippen LogP contribution in [0.3, 0.4) is 0 Å². The largest absolute Gasteiger partial charge is 0.494 e. The Morgan fingerprint density at radius 1 is 1.35 bits per heavy atom. The maximum absolute atomic E-state index is 12.3. The lowest BCUT2D eigenvalue weighted by molar-refractivity contribution is 0.449. The van der Waals surface area contributed by atoms with E-state index in [1.165, 1.54) is 30.6 Å². The first-order chi connectivity index (χ1) is 9.44. The molecule has 2 heterocycles. The Bertz CT molecular complexity index is 835. The highest BCUT2D eigenvalue weighted by molar-refractivity contribution is 7.90. The van der Waals surface area contributed by atoms with Gasteiger partial charge in [0.05, 0.1) is 10.6 Å². The minimum Gasteiger partial charge on any atom is -0.494 e. The lowest BCUT2D eigenvalue weighted by atomic mass is 10.3. The average Bonchev–Trinajstić information content (AvgIpc) is 2.38. The van der Waals surface area contributed by atoms with E-state index in [-0.39, 0.29) is 0 Å². The monoisotopic (exact) mass is 291 g/mol. The number of hydrogen-bond acceptors (Lipinski definition) is 6. The van der Waals surface area contributed by atoms with Crippen molar-refractivity contribution in [3.63, 3.8) is 0 Å². The first-order valence-corrected chi connectivity index (χ1v) is 7.07. The summed E-state index contributed by atoms with van der Waals surface area (Å²) < 4.78 is 24.5. The molecule has 0 saturated carbocycles. The van der Waals surface area contributed by atoms with Gasteiger partial charge in [0.25, 0.3) is 5.56 Å². The van der Waals surface area contributed by atoms with Crippen LogP contribution in [0, 0.1) is 11.3 Å². The molecular formula is C12H9N3O4S. The molecule has 0 aliphatic rings.